The second-order valence-corrected chi connectivity index (χ2v) is 6.49. The predicted octanol–water partition coefficient (Wildman–Crippen LogP) is 0.228. The number of carbonyl (C=O) groups excluding carboxylic acids is 3. The molecule has 26 heavy (non-hydrogen) atoms. The molecule has 0 spiro atoms. The van der Waals surface area contributed by atoms with E-state index in [0.717, 1.165) is 5.69 Å². The molecule has 8 heteroatoms. The first-order valence-corrected chi connectivity index (χ1v) is 8.52. The molecule has 0 saturated heterocycles. The quantitative estimate of drug-likeness (QED) is 0.707. The summed E-state index contributed by atoms with van der Waals surface area (Å²) < 4.78 is 5.76. The number of fused-ring (bicyclic) bond motifs is 1. The lowest BCUT2D eigenvalue weighted by molar-refractivity contribution is -0.122. The number of likely N-dealkylation sites (N-methyl/N-ethyl adjacent to an activating group) is 1. The van der Waals surface area contributed by atoms with E-state index in [1.807, 2.05) is 11.9 Å². The molecule has 0 bridgehead atoms. The summed E-state index contributed by atoms with van der Waals surface area (Å²) in [5.74, 6) is 0.378. The summed E-state index contributed by atoms with van der Waals surface area (Å²) in [5.41, 5.74) is 1.37. The second kappa shape index (κ2) is 8.55. The SMILES string of the molecule is CC(=O)NCCNC(=O)C[C@@H]1COc2ccc(C(=O)N(C)C)cc2N1C. The van der Waals surface area contributed by atoms with Crippen LogP contribution in [-0.4, -0.2) is 69.5 Å². The van der Waals surface area contributed by atoms with Gasteiger partial charge in [-0.05, 0) is 18.2 Å². The molecule has 0 aliphatic carbocycles. The number of anilines is 1. The average molecular weight is 362 g/mol. The zero-order valence-corrected chi connectivity index (χ0v) is 15.7. The van der Waals surface area contributed by atoms with E-state index in [1.165, 1.54) is 11.8 Å². The van der Waals surface area contributed by atoms with Crippen molar-refractivity contribution >= 4 is 23.4 Å². The highest BCUT2D eigenvalue weighted by molar-refractivity contribution is 5.95. The van der Waals surface area contributed by atoms with Crippen molar-refractivity contribution in [3.05, 3.63) is 23.8 Å². The van der Waals surface area contributed by atoms with Crippen LogP contribution in [0.5, 0.6) is 5.75 Å². The summed E-state index contributed by atoms with van der Waals surface area (Å²) in [5, 5.41) is 5.41. The van der Waals surface area contributed by atoms with Crippen molar-refractivity contribution in [2.24, 2.45) is 0 Å². The third-order valence-corrected chi connectivity index (χ3v) is 4.21. The first-order valence-electron chi connectivity index (χ1n) is 8.52. The molecule has 0 saturated carbocycles. The van der Waals surface area contributed by atoms with Gasteiger partial charge in [0.15, 0.2) is 0 Å². The predicted molar refractivity (Wildman–Crippen MR) is 98.5 cm³/mol. The van der Waals surface area contributed by atoms with Gasteiger partial charge in [-0.2, -0.15) is 0 Å². The number of amides is 3. The minimum atomic E-state index is -0.132. The smallest absolute Gasteiger partial charge is 0.253 e. The van der Waals surface area contributed by atoms with Gasteiger partial charge in [0, 0.05) is 46.7 Å². The minimum absolute atomic E-state index is 0.0842. The van der Waals surface area contributed by atoms with Gasteiger partial charge >= 0.3 is 0 Å². The maximum absolute atomic E-state index is 12.2. The van der Waals surface area contributed by atoms with Crippen LogP contribution in [0.3, 0.4) is 0 Å². The molecule has 2 N–H and O–H groups in total. The van der Waals surface area contributed by atoms with E-state index in [1.54, 1.807) is 32.3 Å². The number of hydrogen-bond acceptors (Lipinski definition) is 5. The van der Waals surface area contributed by atoms with Gasteiger partial charge in [0.2, 0.25) is 11.8 Å². The van der Waals surface area contributed by atoms with E-state index in [0.29, 0.717) is 31.0 Å². The highest BCUT2D eigenvalue weighted by atomic mass is 16.5. The Balaban J connectivity index is 1.98. The summed E-state index contributed by atoms with van der Waals surface area (Å²) in [4.78, 5) is 38.6. The number of benzene rings is 1. The Morgan fingerprint density at radius 3 is 2.58 bits per heavy atom. The summed E-state index contributed by atoms with van der Waals surface area (Å²) in [7, 11) is 5.30. The fourth-order valence-electron chi connectivity index (χ4n) is 2.72. The Morgan fingerprint density at radius 2 is 1.92 bits per heavy atom. The van der Waals surface area contributed by atoms with Gasteiger partial charge in [-0.3, -0.25) is 14.4 Å². The molecule has 0 radical (unpaired) electrons. The molecule has 0 aromatic heterocycles. The standard InChI is InChI=1S/C18H26N4O4/c1-12(23)19-7-8-20-17(24)10-14-11-26-16-6-5-13(18(25)21(2)3)9-15(16)22(14)4/h5-6,9,14H,7-8,10-11H2,1-4H3,(H,19,23)(H,20,24)/t14-/m1/s1. The molecule has 1 aromatic carbocycles. The molecule has 1 atom stereocenters. The van der Waals surface area contributed by atoms with Crippen LogP contribution in [0, 0.1) is 0 Å². The largest absolute Gasteiger partial charge is 0.489 e. The van der Waals surface area contributed by atoms with E-state index in [2.05, 4.69) is 10.6 Å². The van der Waals surface area contributed by atoms with Gasteiger partial charge in [-0.15, -0.1) is 0 Å². The van der Waals surface area contributed by atoms with Crippen molar-refractivity contribution in [3.63, 3.8) is 0 Å². The molecule has 1 aliphatic rings. The third kappa shape index (κ3) is 4.87. The Morgan fingerprint density at radius 1 is 1.23 bits per heavy atom. The molecule has 1 aromatic rings. The van der Waals surface area contributed by atoms with Crippen LogP contribution >= 0.6 is 0 Å². The monoisotopic (exact) mass is 362 g/mol. The topological polar surface area (TPSA) is 91.0 Å². The molecular formula is C18H26N4O4. The van der Waals surface area contributed by atoms with Gasteiger partial charge < -0.3 is 25.2 Å². The molecule has 1 aliphatic heterocycles. The number of nitrogens with one attached hydrogen (secondary N) is 2. The lowest BCUT2D eigenvalue weighted by atomic mass is 10.1. The van der Waals surface area contributed by atoms with Crippen LogP contribution in [0.25, 0.3) is 0 Å². The number of carbonyl (C=O) groups is 3. The van der Waals surface area contributed by atoms with Crippen molar-refractivity contribution in [1.29, 1.82) is 0 Å². The van der Waals surface area contributed by atoms with Crippen LogP contribution in [0.2, 0.25) is 0 Å². The highest BCUT2D eigenvalue weighted by Crippen LogP contribution is 2.34. The van der Waals surface area contributed by atoms with Crippen LogP contribution in [0.15, 0.2) is 18.2 Å². The zero-order valence-electron chi connectivity index (χ0n) is 15.7. The lowest BCUT2D eigenvalue weighted by Gasteiger charge is -2.35. The van der Waals surface area contributed by atoms with Crippen LogP contribution < -0.4 is 20.3 Å². The van der Waals surface area contributed by atoms with Gasteiger partial charge in [0.25, 0.3) is 5.91 Å². The fraction of sp³-hybridized carbons (Fsp3) is 0.500. The third-order valence-electron chi connectivity index (χ3n) is 4.21. The second-order valence-electron chi connectivity index (χ2n) is 6.49. The van der Waals surface area contributed by atoms with Gasteiger partial charge in [0.1, 0.15) is 12.4 Å². The van der Waals surface area contributed by atoms with E-state index >= 15 is 0 Å². The number of nitrogens with zero attached hydrogens (tertiary/aromatic N) is 2. The zero-order chi connectivity index (χ0) is 19.3. The first-order chi connectivity index (χ1) is 12.3. The minimum Gasteiger partial charge on any atom is -0.489 e. The van der Waals surface area contributed by atoms with E-state index in [-0.39, 0.29) is 30.2 Å². The summed E-state index contributed by atoms with van der Waals surface area (Å²) in [6, 6.07) is 5.18. The lowest BCUT2D eigenvalue weighted by Crippen LogP contribution is -2.44. The molecule has 3 amide bonds. The molecule has 0 fully saturated rings. The normalized spacial score (nSPS) is 15.5. The molecular weight excluding hydrogens is 336 g/mol. The highest BCUT2D eigenvalue weighted by Gasteiger charge is 2.27. The molecule has 1 heterocycles. The van der Waals surface area contributed by atoms with Gasteiger partial charge in [0.05, 0.1) is 18.2 Å². The number of rotatable bonds is 6. The van der Waals surface area contributed by atoms with Crippen LogP contribution in [0.4, 0.5) is 5.69 Å². The fourth-order valence-corrected chi connectivity index (χ4v) is 2.72. The van der Waals surface area contributed by atoms with Gasteiger partial charge in [-0.25, -0.2) is 0 Å². The van der Waals surface area contributed by atoms with Crippen molar-refractivity contribution in [2.75, 3.05) is 45.7 Å². The van der Waals surface area contributed by atoms with E-state index < -0.39 is 0 Å². The van der Waals surface area contributed by atoms with Crippen molar-refractivity contribution in [1.82, 2.24) is 15.5 Å². The van der Waals surface area contributed by atoms with Gasteiger partial charge in [-0.1, -0.05) is 0 Å². The van der Waals surface area contributed by atoms with Crippen molar-refractivity contribution < 1.29 is 19.1 Å². The average Bonchev–Trinajstić information content (AvgIpc) is 2.60. The van der Waals surface area contributed by atoms with Crippen molar-refractivity contribution in [2.45, 2.75) is 19.4 Å². The summed E-state index contributed by atoms with van der Waals surface area (Å²) in [6.45, 7) is 2.61. The number of ether oxygens (including phenoxy) is 1. The van der Waals surface area contributed by atoms with E-state index in [4.69, 9.17) is 4.74 Å². The molecule has 2 rings (SSSR count). The Bertz CT molecular complexity index is 690. The molecule has 0 unspecified atom stereocenters. The molecule has 8 nitrogen and oxygen atoms in total. The first kappa shape index (κ1) is 19.6. The van der Waals surface area contributed by atoms with Crippen LogP contribution in [-0.2, 0) is 9.59 Å². The maximum atomic E-state index is 12.2. The van der Waals surface area contributed by atoms with Crippen molar-refractivity contribution in [3.8, 4) is 5.75 Å². The molecule has 142 valence electrons. The van der Waals surface area contributed by atoms with E-state index in [9.17, 15) is 14.4 Å². The summed E-state index contributed by atoms with van der Waals surface area (Å²) in [6.07, 6.45) is 0.266. The maximum Gasteiger partial charge on any atom is 0.253 e. The van der Waals surface area contributed by atoms with Crippen LogP contribution in [0.1, 0.15) is 23.7 Å². The Hall–Kier alpha value is -2.77. The Labute approximate surface area is 153 Å². The number of hydrogen-bond donors (Lipinski definition) is 2. The summed E-state index contributed by atoms with van der Waals surface area (Å²) >= 11 is 0. The Kier molecular flexibility index (Phi) is 6.43.